The lowest BCUT2D eigenvalue weighted by atomic mass is 10.1. The zero-order valence-electron chi connectivity index (χ0n) is 10.3. The van der Waals surface area contributed by atoms with E-state index in [4.69, 9.17) is 21.3 Å². The third-order valence-electron chi connectivity index (χ3n) is 2.85. The van der Waals surface area contributed by atoms with E-state index in [1.165, 1.54) is 12.3 Å². The number of nitrogens with two attached hydrogens (primary N) is 2. The summed E-state index contributed by atoms with van der Waals surface area (Å²) in [6, 6.07) is 1.34. The molecule has 0 amide bonds. The van der Waals surface area contributed by atoms with Gasteiger partial charge in [0.25, 0.3) is 0 Å². The third-order valence-corrected chi connectivity index (χ3v) is 2.85. The molecule has 1 aromatic rings. The van der Waals surface area contributed by atoms with E-state index in [9.17, 15) is 15.0 Å². The van der Waals surface area contributed by atoms with Gasteiger partial charge in [-0.25, -0.2) is 4.79 Å². The fraction of sp³-hybridized carbons (Fsp3) is 0.500. The van der Waals surface area contributed by atoms with E-state index in [0.717, 1.165) is 4.57 Å². The lowest BCUT2D eigenvalue weighted by Gasteiger charge is -2.16. The van der Waals surface area contributed by atoms with Crippen molar-refractivity contribution in [3.63, 3.8) is 0 Å². The quantitative estimate of drug-likeness (QED) is 0.285. The normalized spacial score (nSPS) is 29.4. The summed E-state index contributed by atoms with van der Waals surface area (Å²) in [4.78, 5) is 19.0. The van der Waals surface area contributed by atoms with Crippen LogP contribution in [0.5, 0.6) is 0 Å². The van der Waals surface area contributed by atoms with Gasteiger partial charge in [0.2, 0.25) is 0 Å². The van der Waals surface area contributed by atoms with Gasteiger partial charge in [0.1, 0.15) is 18.3 Å². The molecule has 1 aromatic heterocycles. The highest BCUT2D eigenvalue weighted by Gasteiger charge is 2.43. The van der Waals surface area contributed by atoms with Crippen molar-refractivity contribution in [2.24, 2.45) is 16.5 Å². The van der Waals surface area contributed by atoms with Crippen molar-refractivity contribution in [1.29, 1.82) is 0 Å². The molecule has 4 atom stereocenters. The summed E-state index contributed by atoms with van der Waals surface area (Å²) >= 11 is 0. The number of hydrogen-bond donors (Lipinski definition) is 5. The lowest BCUT2D eigenvalue weighted by Crippen LogP contribution is -2.35. The van der Waals surface area contributed by atoms with Crippen molar-refractivity contribution in [2.75, 3.05) is 6.61 Å². The zero-order chi connectivity index (χ0) is 14.9. The second kappa shape index (κ2) is 5.54. The first-order valence-corrected chi connectivity index (χ1v) is 5.75. The van der Waals surface area contributed by atoms with E-state index < -0.39 is 36.8 Å². The first kappa shape index (κ1) is 14.4. The number of aromatic nitrogens is 2. The Hall–Kier alpha value is -2.01. The average Bonchev–Trinajstić information content (AvgIpc) is 2.66. The predicted molar refractivity (Wildman–Crippen MR) is 67.0 cm³/mol. The van der Waals surface area contributed by atoms with Crippen molar-refractivity contribution < 1.29 is 20.1 Å². The van der Waals surface area contributed by atoms with Crippen LogP contribution in [0.25, 0.3) is 0 Å². The van der Waals surface area contributed by atoms with Crippen LogP contribution in [-0.2, 0) is 4.74 Å². The van der Waals surface area contributed by atoms with Crippen molar-refractivity contribution in [3.8, 4) is 0 Å². The Bertz CT molecular complexity index is 569. The number of ether oxygens (including phenoxy) is 1. The summed E-state index contributed by atoms with van der Waals surface area (Å²) in [5.41, 5.74) is 9.57. The van der Waals surface area contributed by atoms with E-state index in [0.29, 0.717) is 0 Å². The predicted octanol–water partition coefficient (Wildman–Crippen LogP) is -3.24. The zero-order valence-corrected chi connectivity index (χ0v) is 10.3. The summed E-state index contributed by atoms with van der Waals surface area (Å²) in [5.74, 6) is -0.236. The maximum absolute atomic E-state index is 11.8. The molecule has 0 spiro atoms. The Balaban J connectivity index is 2.31. The number of guanidine groups is 1. The van der Waals surface area contributed by atoms with Gasteiger partial charge in [-0.15, -0.1) is 0 Å². The number of aliphatic imine (C=N–C) groups is 1. The van der Waals surface area contributed by atoms with E-state index in [2.05, 4.69) is 9.98 Å². The molecule has 1 aliphatic rings. The molecule has 10 nitrogen and oxygen atoms in total. The Labute approximate surface area is 112 Å². The number of nitrogens with zero attached hydrogens (tertiary/aromatic N) is 3. The molecule has 0 radical (unpaired) electrons. The second-order valence-electron chi connectivity index (χ2n) is 4.24. The molecule has 10 heteroatoms. The van der Waals surface area contributed by atoms with Crippen LogP contribution in [0.2, 0.25) is 0 Å². The molecule has 2 heterocycles. The number of hydrogen-bond acceptors (Lipinski definition) is 7. The Morgan fingerprint density at radius 1 is 1.45 bits per heavy atom. The Morgan fingerprint density at radius 2 is 2.15 bits per heavy atom. The molecule has 1 aliphatic heterocycles. The minimum Gasteiger partial charge on any atom is -0.394 e. The Kier molecular flexibility index (Phi) is 3.99. The summed E-state index contributed by atoms with van der Waals surface area (Å²) in [7, 11) is 0. The number of rotatable bonds is 3. The molecule has 0 saturated carbocycles. The Morgan fingerprint density at radius 3 is 2.65 bits per heavy atom. The largest absolute Gasteiger partial charge is 0.394 e. The summed E-state index contributed by atoms with van der Waals surface area (Å²) in [6.07, 6.45) is -3.50. The van der Waals surface area contributed by atoms with E-state index in [1.54, 1.807) is 0 Å². The van der Waals surface area contributed by atoms with Crippen molar-refractivity contribution in [1.82, 2.24) is 9.55 Å². The highest BCUT2D eigenvalue weighted by molar-refractivity contribution is 5.78. The van der Waals surface area contributed by atoms with Crippen molar-refractivity contribution in [2.45, 2.75) is 24.5 Å². The molecular weight excluding hydrogens is 270 g/mol. The molecule has 4 unspecified atom stereocenters. The second-order valence-corrected chi connectivity index (χ2v) is 4.24. The van der Waals surface area contributed by atoms with Gasteiger partial charge >= 0.3 is 5.69 Å². The van der Waals surface area contributed by atoms with Gasteiger partial charge in [-0.05, 0) is 6.07 Å². The molecule has 0 bridgehead atoms. The maximum atomic E-state index is 11.8. The van der Waals surface area contributed by atoms with Crippen LogP contribution in [0.15, 0.2) is 22.1 Å². The summed E-state index contributed by atoms with van der Waals surface area (Å²) in [5, 5.41) is 28.4. The van der Waals surface area contributed by atoms with E-state index >= 15 is 0 Å². The van der Waals surface area contributed by atoms with Crippen LogP contribution in [0.3, 0.4) is 0 Å². The molecule has 2 rings (SSSR count). The van der Waals surface area contributed by atoms with Crippen LogP contribution < -0.4 is 17.2 Å². The lowest BCUT2D eigenvalue weighted by molar-refractivity contribution is -0.0549. The standard InChI is InChI=1S/C10H15N5O5/c11-9(12)13-5-1-2-15(10(19)14-5)8-7(18)6(17)4(3-16)20-8/h1-2,4,6-8,16-18H,3H2,(H4,11,12,13,14,19). The molecule has 0 aromatic carbocycles. The molecule has 0 aliphatic carbocycles. The molecule has 110 valence electrons. The van der Waals surface area contributed by atoms with Crippen LogP contribution in [0.1, 0.15) is 6.23 Å². The van der Waals surface area contributed by atoms with Crippen LogP contribution in [0.4, 0.5) is 5.82 Å². The minimum atomic E-state index is -1.36. The van der Waals surface area contributed by atoms with E-state index in [1.807, 2.05) is 0 Å². The highest BCUT2D eigenvalue weighted by Crippen LogP contribution is 2.28. The first-order chi connectivity index (χ1) is 9.43. The third kappa shape index (κ3) is 2.63. The number of aliphatic hydroxyl groups excluding tert-OH is 3. The van der Waals surface area contributed by atoms with Crippen LogP contribution in [0, 0.1) is 0 Å². The molecular formula is C10H15N5O5. The van der Waals surface area contributed by atoms with Crippen molar-refractivity contribution >= 4 is 11.8 Å². The smallest absolute Gasteiger partial charge is 0.351 e. The van der Waals surface area contributed by atoms with Crippen LogP contribution >= 0.6 is 0 Å². The van der Waals surface area contributed by atoms with Gasteiger partial charge in [-0.2, -0.15) is 9.98 Å². The van der Waals surface area contributed by atoms with E-state index in [-0.39, 0.29) is 11.8 Å². The average molecular weight is 285 g/mol. The molecule has 1 fully saturated rings. The van der Waals surface area contributed by atoms with Crippen molar-refractivity contribution in [3.05, 3.63) is 22.7 Å². The summed E-state index contributed by atoms with van der Waals surface area (Å²) in [6.45, 7) is -0.483. The van der Waals surface area contributed by atoms with Gasteiger partial charge in [-0.1, -0.05) is 0 Å². The molecule has 20 heavy (non-hydrogen) atoms. The van der Waals surface area contributed by atoms with Gasteiger partial charge in [0.15, 0.2) is 18.0 Å². The first-order valence-electron chi connectivity index (χ1n) is 5.75. The maximum Gasteiger partial charge on any atom is 0.351 e. The van der Waals surface area contributed by atoms with Crippen LogP contribution in [-0.4, -0.2) is 55.7 Å². The molecule has 7 N–H and O–H groups in total. The molecule has 1 saturated heterocycles. The van der Waals surface area contributed by atoms with Gasteiger partial charge < -0.3 is 31.5 Å². The summed E-state index contributed by atoms with van der Waals surface area (Å²) < 4.78 is 6.19. The SMILES string of the molecule is NC(N)=Nc1ccn(C2OC(CO)C(O)C2O)c(=O)n1. The monoisotopic (exact) mass is 285 g/mol. The van der Waals surface area contributed by atoms with Gasteiger partial charge in [0.05, 0.1) is 6.61 Å². The topological polar surface area (TPSA) is 169 Å². The van der Waals surface area contributed by atoms with Gasteiger partial charge in [0, 0.05) is 6.20 Å². The number of aliphatic hydroxyl groups is 3. The minimum absolute atomic E-state index is 0.0120. The fourth-order valence-electron chi connectivity index (χ4n) is 1.90. The van der Waals surface area contributed by atoms with Gasteiger partial charge in [-0.3, -0.25) is 4.57 Å². The highest BCUT2D eigenvalue weighted by atomic mass is 16.6. The fourth-order valence-corrected chi connectivity index (χ4v) is 1.90.